The maximum atomic E-state index is 11.9. The number of amides is 1. The summed E-state index contributed by atoms with van der Waals surface area (Å²) in [5.41, 5.74) is 0.911. The highest BCUT2D eigenvalue weighted by atomic mass is 35.5. The molecule has 116 valence electrons. The molecular formula is C14H18ClNO4S. The second kappa shape index (κ2) is 6.23. The minimum Gasteiger partial charge on any atom is -0.410 e. The van der Waals surface area contributed by atoms with Gasteiger partial charge in [0.15, 0.2) is 9.84 Å². The Bertz CT molecular complexity index is 630. The highest BCUT2D eigenvalue weighted by Gasteiger charge is 2.37. The fourth-order valence-electron chi connectivity index (χ4n) is 2.27. The zero-order valence-electron chi connectivity index (χ0n) is 11.9. The number of para-hydroxylation sites is 1. The molecule has 1 saturated heterocycles. The van der Waals surface area contributed by atoms with E-state index in [-0.39, 0.29) is 17.4 Å². The summed E-state index contributed by atoms with van der Waals surface area (Å²) in [5, 5.41) is 1.90. The van der Waals surface area contributed by atoms with Crippen LogP contribution in [0.5, 0.6) is 5.75 Å². The van der Waals surface area contributed by atoms with Gasteiger partial charge in [-0.25, -0.2) is 13.2 Å². The summed E-state index contributed by atoms with van der Waals surface area (Å²) in [6.45, 7) is 4.00. The summed E-state index contributed by atoms with van der Waals surface area (Å²) >= 11 is 5.94. The average molecular weight is 332 g/mol. The summed E-state index contributed by atoms with van der Waals surface area (Å²) in [7, 11) is -3.19. The van der Waals surface area contributed by atoms with Gasteiger partial charge in [-0.3, -0.25) is 0 Å². The van der Waals surface area contributed by atoms with Crippen molar-refractivity contribution in [2.24, 2.45) is 0 Å². The van der Waals surface area contributed by atoms with Crippen LogP contribution in [0.1, 0.15) is 25.3 Å². The molecule has 1 N–H and O–H groups in total. The SMILES string of the molecule is CC(C)c1ccccc1OC(=O)NC1CS(=O)(=O)CC1Cl. The van der Waals surface area contributed by atoms with Crippen LogP contribution in [0.3, 0.4) is 0 Å². The molecule has 0 aromatic heterocycles. The third-order valence-electron chi connectivity index (χ3n) is 3.33. The molecule has 7 heteroatoms. The summed E-state index contributed by atoms with van der Waals surface area (Å²) in [6.07, 6.45) is -0.684. The smallest absolute Gasteiger partial charge is 0.410 e. The molecule has 5 nitrogen and oxygen atoms in total. The van der Waals surface area contributed by atoms with Gasteiger partial charge in [-0.15, -0.1) is 11.6 Å². The maximum absolute atomic E-state index is 11.9. The predicted octanol–water partition coefficient (Wildman–Crippen LogP) is 2.30. The van der Waals surface area contributed by atoms with E-state index in [1.165, 1.54) is 0 Å². The highest BCUT2D eigenvalue weighted by molar-refractivity contribution is 7.91. The van der Waals surface area contributed by atoms with Crippen LogP contribution >= 0.6 is 11.6 Å². The Labute approximate surface area is 129 Å². The molecule has 0 saturated carbocycles. The van der Waals surface area contributed by atoms with E-state index < -0.39 is 27.3 Å². The van der Waals surface area contributed by atoms with Gasteiger partial charge >= 0.3 is 6.09 Å². The van der Waals surface area contributed by atoms with Gasteiger partial charge in [-0.2, -0.15) is 0 Å². The molecule has 1 heterocycles. The Morgan fingerprint density at radius 3 is 2.57 bits per heavy atom. The summed E-state index contributed by atoms with van der Waals surface area (Å²) in [6, 6.07) is 6.63. The Morgan fingerprint density at radius 2 is 2.00 bits per heavy atom. The molecule has 2 rings (SSSR count). The minimum atomic E-state index is -3.19. The molecule has 21 heavy (non-hydrogen) atoms. The van der Waals surface area contributed by atoms with E-state index in [0.717, 1.165) is 5.56 Å². The lowest BCUT2D eigenvalue weighted by atomic mass is 10.0. The molecule has 1 amide bonds. The number of benzene rings is 1. The number of ether oxygens (including phenoxy) is 1. The second-order valence-electron chi connectivity index (χ2n) is 5.43. The molecule has 1 aliphatic rings. The Balaban J connectivity index is 2.03. The molecular weight excluding hydrogens is 314 g/mol. The van der Waals surface area contributed by atoms with Crippen molar-refractivity contribution in [3.8, 4) is 5.75 Å². The fraction of sp³-hybridized carbons (Fsp3) is 0.500. The van der Waals surface area contributed by atoms with Gasteiger partial charge in [-0.1, -0.05) is 32.0 Å². The number of alkyl halides is 1. The number of halogens is 1. The first-order valence-electron chi connectivity index (χ1n) is 6.70. The van der Waals surface area contributed by atoms with Crippen LogP contribution in [0.25, 0.3) is 0 Å². The summed E-state index contributed by atoms with van der Waals surface area (Å²) in [4.78, 5) is 11.9. The average Bonchev–Trinajstić information content (AvgIpc) is 2.62. The summed E-state index contributed by atoms with van der Waals surface area (Å²) in [5.74, 6) is 0.406. The highest BCUT2D eigenvalue weighted by Crippen LogP contribution is 2.26. The normalized spacial score (nSPS) is 24.0. The first-order chi connectivity index (χ1) is 9.78. The van der Waals surface area contributed by atoms with Crippen molar-refractivity contribution in [3.05, 3.63) is 29.8 Å². The lowest BCUT2D eigenvalue weighted by molar-refractivity contribution is 0.196. The molecule has 2 atom stereocenters. The zero-order chi connectivity index (χ0) is 15.6. The molecule has 0 bridgehead atoms. The van der Waals surface area contributed by atoms with E-state index in [1.54, 1.807) is 12.1 Å². The van der Waals surface area contributed by atoms with Gasteiger partial charge in [0.05, 0.1) is 22.9 Å². The fourth-order valence-corrected chi connectivity index (χ4v) is 4.82. The largest absolute Gasteiger partial charge is 0.412 e. The van der Waals surface area contributed by atoms with Crippen molar-refractivity contribution >= 4 is 27.5 Å². The van der Waals surface area contributed by atoms with E-state index in [4.69, 9.17) is 16.3 Å². The topological polar surface area (TPSA) is 72.5 Å². The van der Waals surface area contributed by atoms with Crippen molar-refractivity contribution in [3.63, 3.8) is 0 Å². The number of carbonyl (C=O) groups is 1. The first kappa shape index (κ1) is 16.1. The van der Waals surface area contributed by atoms with Gasteiger partial charge in [0.25, 0.3) is 0 Å². The molecule has 2 unspecified atom stereocenters. The summed E-state index contributed by atoms with van der Waals surface area (Å²) < 4.78 is 28.2. The van der Waals surface area contributed by atoms with Crippen molar-refractivity contribution < 1.29 is 17.9 Å². The first-order valence-corrected chi connectivity index (χ1v) is 8.96. The van der Waals surface area contributed by atoms with Crippen LogP contribution in [-0.4, -0.2) is 37.4 Å². The number of rotatable bonds is 3. The molecule has 1 aromatic rings. The van der Waals surface area contributed by atoms with E-state index in [0.29, 0.717) is 5.75 Å². The quantitative estimate of drug-likeness (QED) is 0.863. The lowest BCUT2D eigenvalue weighted by Crippen LogP contribution is -2.42. The van der Waals surface area contributed by atoms with Gasteiger partial charge in [0, 0.05) is 0 Å². The Kier molecular flexibility index (Phi) is 4.78. The van der Waals surface area contributed by atoms with Crippen molar-refractivity contribution in [2.45, 2.75) is 31.2 Å². The monoisotopic (exact) mass is 331 g/mol. The van der Waals surface area contributed by atoms with Crippen LogP contribution in [0.2, 0.25) is 0 Å². The second-order valence-corrected chi connectivity index (χ2v) is 8.14. The standard InChI is InChI=1S/C14H18ClNO4S/c1-9(2)10-5-3-4-6-13(10)20-14(17)16-12-8-21(18,19)7-11(12)15/h3-6,9,11-12H,7-8H2,1-2H3,(H,16,17). The predicted molar refractivity (Wildman–Crippen MR) is 81.8 cm³/mol. The Morgan fingerprint density at radius 1 is 1.33 bits per heavy atom. The number of carbonyl (C=O) groups excluding carboxylic acids is 1. The van der Waals surface area contributed by atoms with E-state index in [9.17, 15) is 13.2 Å². The van der Waals surface area contributed by atoms with Gasteiger partial charge in [0.2, 0.25) is 0 Å². The molecule has 1 aromatic carbocycles. The third kappa shape index (κ3) is 4.11. The molecule has 0 spiro atoms. The van der Waals surface area contributed by atoms with Gasteiger partial charge < -0.3 is 10.1 Å². The molecule has 0 aliphatic carbocycles. The molecule has 1 aliphatic heterocycles. The zero-order valence-corrected chi connectivity index (χ0v) is 13.4. The van der Waals surface area contributed by atoms with Gasteiger partial charge in [-0.05, 0) is 17.5 Å². The number of hydrogen-bond acceptors (Lipinski definition) is 4. The number of nitrogens with one attached hydrogen (secondary N) is 1. The minimum absolute atomic E-state index is 0.123. The third-order valence-corrected chi connectivity index (χ3v) is 5.71. The van der Waals surface area contributed by atoms with Crippen molar-refractivity contribution in [1.82, 2.24) is 5.32 Å². The van der Waals surface area contributed by atoms with E-state index in [2.05, 4.69) is 5.32 Å². The van der Waals surface area contributed by atoms with E-state index >= 15 is 0 Å². The van der Waals surface area contributed by atoms with Gasteiger partial charge in [0.1, 0.15) is 5.75 Å². The van der Waals surface area contributed by atoms with Crippen molar-refractivity contribution in [2.75, 3.05) is 11.5 Å². The molecule has 1 fully saturated rings. The number of hydrogen-bond donors (Lipinski definition) is 1. The van der Waals surface area contributed by atoms with Crippen LogP contribution in [0, 0.1) is 0 Å². The van der Waals surface area contributed by atoms with Crippen LogP contribution < -0.4 is 10.1 Å². The van der Waals surface area contributed by atoms with E-state index in [1.807, 2.05) is 26.0 Å². The van der Waals surface area contributed by atoms with Crippen LogP contribution in [0.15, 0.2) is 24.3 Å². The molecule has 0 radical (unpaired) electrons. The Hall–Kier alpha value is -1.27. The van der Waals surface area contributed by atoms with Crippen molar-refractivity contribution in [1.29, 1.82) is 0 Å². The lowest BCUT2D eigenvalue weighted by Gasteiger charge is -2.16. The number of sulfone groups is 1. The maximum Gasteiger partial charge on any atom is 0.412 e. The van der Waals surface area contributed by atoms with Crippen LogP contribution in [0.4, 0.5) is 4.79 Å². The van der Waals surface area contributed by atoms with Crippen LogP contribution in [-0.2, 0) is 9.84 Å².